The highest BCUT2D eigenvalue weighted by atomic mass is 35.5. The number of anilines is 3. The van der Waals surface area contributed by atoms with Gasteiger partial charge in [0.05, 0.1) is 0 Å². The first-order chi connectivity index (χ1) is 21.7. The number of hydrogen-bond acceptors (Lipinski definition) is 3. The lowest BCUT2D eigenvalue weighted by atomic mass is 10.0. The molecule has 1 atom stereocenters. The van der Waals surface area contributed by atoms with Crippen LogP contribution in [0.5, 0.6) is 0 Å². The van der Waals surface area contributed by atoms with E-state index in [9.17, 15) is 0 Å². The SMILES string of the molecule is Cc1cc(C)c(N2CC=[N+](c3c(C)cc(C)cc3C)C2C)c(C)c1.Cc1cc(C)c(NCCNc2c(C)cc(C)cc2C)c(C)c1.[Cl-].[Cl-].[Cl-]. The van der Waals surface area contributed by atoms with E-state index in [4.69, 9.17) is 0 Å². The third-order valence-corrected chi connectivity index (χ3v) is 9.23. The molecule has 1 aliphatic heterocycles. The summed E-state index contributed by atoms with van der Waals surface area (Å²) in [6.07, 6.45) is 2.67. The van der Waals surface area contributed by atoms with Crippen LogP contribution in [0.1, 0.15) is 73.7 Å². The number of aryl methyl sites for hydroxylation is 12. The van der Waals surface area contributed by atoms with Crippen molar-refractivity contribution in [2.45, 2.75) is 96.2 Å². The molecule has 1 heterocycles. The molecule has 0 spiro atoms. The molecule has 0 aromatic heterocycles. The molecule has 49 heavy (non-hydrogen) atoms. The molecule has 0 radical (unpaired) electrons. The lowest BCUT2D eigenvalue weighted by Gasteiger charge is -2.25. The van der Waals surface area contributed by atoms with Crippen LogP contribution < -0.4 is 52.8 Å². The summed E-state index contributed by atoms with van der Waals surface area (Å²) in [5.41, 5.74) is 21.3. The highest BCUT2D eigenvalue weighted by Gasteiger charge is 2.34. The highest BCUT2D eigenvalue weighted by molar-refractivity contribution is 5.71. The third kappa shape index (κ3) is 10.4. The van der Waals surface area contributed by atoms with E-state index >= 15 is 0 Å². The van der Waals surface area contributed by atoms with Crippen LogP contribution in [-0.2, 0) is 0 Å². The first-order valence-corrected chi connectivity index (χ1v) is 16.8. The monoisotopic (exact) mass is 722 g/mol. The van der Waals surface area contributed by atoms with Gasteiger partial charge in [0.1, 0.15) is 6.54 Å². The van der Waals surface area contributed by atoms with E-state index in [0.717, 1.165) is 19.6 Å². The van der Waals surface area contributed by atoms with Gasteiger partial charge in [0.2, 0.25) is 11.9 Å². The summed E-state index contributed by atoms with van der Waals surface area (Å²) in [6.45, 7) is 31.3. The van der Waals surface area contributed by atoms with E-state index in [1.165, 1.54) is 89.5 Å². The fraction of sp³-hybridized carbons (Fsp3) is 0.405. The van der Waals surface area contributed by atoms with E-state index in [1.807, 2.05) is 0 Å². The molecule has 0 aliphatic carbocycles. The summed E-state index contributed by atoms with van der Waals surface area (Å²) in [4.78, 5) is 2.52. The van der Waals surface area contributed by atoms with Crippen LogP contribution in [0.25, 0.3) is 0 Å². The van der Waals surface area contributed by atoms with Crippen LogP contribution in [0.2, 0.25) is 0 Å². The van der Waals surface area contributed by atoms with Crippen LogP contribution in [0, 0.1) is 83.1 Å². The number of nitrogens with one attached hydrogen (secondary N) is 2. The Balaban J connectivity index is 0.000000464. The zero-order valence-corrected chi connectivity index (χ0v) is 34.2. The first kappa shape index (κ1) is 43.8. The van der Waals surface area contributed by atoms with Crippen molar-refractivity contribution in [3.8, 4) is 0 Å². The van der Waals surface area contributed by atoms with Gasteiger partial charge in [0, 0.05) is 48.2 Å². The molecule has 1 aliphatic rings. The third-order valence-electron chi connectivity index (χ3n) is 9.23. The second kappa shape index (κ2) is 18.7. The fourth-order valence-corrected chi connectivity index (χ4v) is 7.69. The maximum Gasteiger partial charge on any atom is 0.231 e. The molecule has 5 rings (SSSR count). The van der Waals surface area contributed by atoms with Crippen LogP contribution in [0.3, 0.4) is 0 Å². The van der Waals surface area contributed by atoms with Gasteiger partial charge in [-0.1, -0.05) is 58.7 Å². The molecule has 4 aromatic rings. The number of benzene rings is 4. The second-order valence-electron chi connectivity index (χ2n) is 13.8. The molecule has 4 nitrogen and oxygen atoms in total. The molecular weight excluding hydrogens is 667 g/mol. The Morgan fingerprint density at radius 3 is 1.16 bits per heavy atom. The Hall–Kier alpha value is -3.18. The summed E-state index contributed by atoms with van der Waals surface area (Å²) < 4.78 is 2.45. The molecule has 268 valence electrons. The quantitative estimate of drug-likeness (QED) is 0.222. The van der Waals surface area contributed by atoms with Gasteiger partial charge in [-0.15, -0.1) is 0 Å². The lowest BCUT2D eigenvalue weighted by Crippen LogP contribution is -3.00. The van der Waals surface area contributed by atoms with E-state index < -0.39 is 0 Å². The minimum absolute atomic E-state index is 0. The Bertz CT molecular complexity index is 1620. The Kier molecular flexibility index (Phi) is 16.7. The molecule has 4 aromatic carbocycles. The van der Waals surface area contributed by atoms with Crippen LogP contribution in [-0.4, -0.2) is 36.6 Å². The molecule has 0 fully saturated rings. The van der Waals surface area contributed by atoms with Gasteiger partial charge in [-0.25, -0.2) is 0 Å². The van der Waals surface area contributed by atoms with E-state index in [-0.39, 0.29) is 37.2 Å². The van der Waals surface area contributed by atoms with Crippen molar-refractivity contribution < 1.29 is 41.8 Å². The predicted molar refractivity (Wildman–Crippen MR) is 202 cm³/mol. The van der Waals surface area contributed by atoms with Gasteiger partial charge in [-0.05, 0) is 129 Å². The topological polar surface area (TPSA) is 30.3 Å². The van der Waals surface area contributed by atoms with Gasteiger partial charge in [0.25, 0.3) is 0 Å². The summed E-state index contributed by atoms with van der Waals surface area (Å²) in [5.74, 6) is 0. The maximum atomic E-state index is 3.57. The predicted octanol–water partition coefficient (Wildman–Crippen LogP) is 1.19. The summed E-state index contributed by atoms with van der Waals surface area (Å²) in [7, 11) is 0. The fourth-order valence-electron chi connectivity index (χ4n) is 7.69. The van der Waals surface area contributed by atoms with Crippen molar-refractivity contribution in [2.24, 2.45) is 0 Å². The molecule has 0 saturated heterocycles. The zero-order valence-electron chi connectivity index (χ0n) is 31.9. The molecule has 0 saturated carbocycles. The molecule has 2 N–H and O–H groups in total. The van der Waals surface area contributed by atoms with Crippen molar-refractivity contribution in [1.82, 2.24) is 0 Å². The van der Waals surface area contributed by atoms with E-state index in [2.05, 4.69) is 165 Å². The average molecular weight is 724 g/mol. The van der Waals surface area contributed by atoms with Gasteiger partial charge >= 0.3 is 0 Å². The molecule has 1 unspecified atom stereocenters. The Labute approximate surface area is 316 Å². The minimum Gasteiger partial charge on any atom is -1.00 e. The van der Waals surface area contributed by atoms with Crippen molar-refractivity contribution in [3.05, 3.63) is 115 Å². The van der Waals surface area contributed by atoms with Gasteiger partial charge < -0.3 is 52.8 Å². The van der Waals surface area contributed by atoms with Crippen LogP contribution in [0.15, 0.2) is 48.5 Å². The van der Waals surface area contributed by atoms with Crippen LogP contribution >= 0.6 is 0 Å². The van der Waals surface area contributed by atoms with Crippen molar-refractivity contribution in [3.63, 3.8) is 0 Å². The smallest absolute Gasteiger partial charge is 0.231 e. The summed E-state index contributed by atoms with van der Waals surface area (Å²) in [6, 6.07) is 18.1. The highest BCUT2D eigenvalue weighted by Crippen LogP contribution is 2.34. The van der Waals surface area contributed by atoms with Crippen molar-refractivity contribution in [1.29, 1.82) is 0 Å². The minimum atomic E-state index is 0. The normalized spacial score (nSPS) is 13.3. The van der Waals surface area contributed by atoms with E-state index in [0.29, 0.717) is 6.17 Å². The van der Waals surface area contributed by atoms with Gasteiger partial charge in [-0.2, -0.15) is 4.58 Å². The van der Waals surface area contributed by atoms with Crippen molar-refractivity contribution >= 4 is 29.0 Å². The molecular formula is C42H57Cl3N4-2. The van der Waals surface area contributed by atoms with Gasteiger partial charge in [0.15, 0.2) is 6.21 Å². The summed E-state index contributed by atoms with van der Waals surface area (Å²) in [5, 5.41) is 7.13. The lowest BCUT2D eigenvalue weighted by molar-refractivity contribution is -0.466. The van der Waals surface area contributed by atoms with E-state index in [1.54, 1.807) is 0 Å². The zero-order chi connectivity index (χ0) is 33.9. The number of nitrogens with zero attached hydrogens (tertiary/aromatic N) is 2. The largest absolute Gasteiger partial charge is 1.00 e. The molecule has 0 bridgehead atoms. The molecule has 0 amide bonds. The standard InChI is InChI=1S/C22H29N2.C20H28N2.3ClH/c1-14-10-16(3)21(17(4)11-14)23-8-9-24(20(23)7)22-18(5)12-15(2)13-19(22)6;1-13-9-15(3)19(16(4)10-13)21-7-8-22-20-17(5)11-14(2)12-18(20)6;;;/h8,10-13,20H,9H2,1-7H3;9-12,21-22H,7-8H2,1-6H3;3*1H/q+1;;;;/p-3. The Morgan fingerprint density at radius 1 is 0.510 bits per heavy atom. The van der Waals surface area contributed by atoms with Crippen molar-refractivity contribution in [2.75, 3.05) is 35.2 Å². The number of halogens is 3. The first-order valence-electron chi connectivity index (χ1n) is 16.8. The average Bonchev–Trinajstić information content (AvgIpc) is 3.28. The second-order valence-corrected chi connectivity index (χ2v) is 13.8. The summed E-state index contributed by atoms with van der Waals surface area (Å²) >= 11 is 0. The number of hydrogen-bond donors (Lipinski definition) is 2. The molecule has 7 heteroatoms. The van der Waals surface area contributed by atoms with Crippen LogP contribution in [0.4, 0.5) is 22.7 Å². The Morgan fingerprint density at radius 2 is 0.816 bits per heavy atom. The van der Waals surface area contributed by atoms with Gasteiger partial charge in [-0.3, -0.25) is 0 Å². The number of rotatable bonds is 7. The maximum absolute atomic E-state index is 3.57.